The van der Waals surface area contributed by atoms with Gasteiger partial charge in [-0.2, -0.15) is 0 Å². The van der Waals surface area contributed by atoms with Crippen LogP contribution in [0.3, 0.4) is 0 Å². The van der Waals surface area contributed by atoms with Crippen molar-refractivity contribution in [2.75, 3.05) is 7.11 Å². The lowest BCUT2D eigenvalue weighted by molar-refractivity contribution is 0.0691. The molecule has 1 N–H and O–H groups in total. The Morgan fingerprint density at radius 3 is 2.87 bits per heavy atom. The van der Waals surface area contributed by atoms with Crippen LogP contribution in [0.1, 0.15) is 10.5 Å². The lowest BCUT2D eigenvalue weighted by Gasteiger charge is -2.03. The van der Waals surface area contributed by atoms with Crippen molar-refractivity contribution in [3.8, 4) is 5.88 Å². The second-order valence-corrected chi connectivity index (χ2v) is 2.89. The van der Waals surface area contributed by atoms with E-state index in [9.17, 15) is 4.79 Å². The summed E-state index contributed by atoms with van der Waals surface area (Å²) in [5.74, 6) is -0.738. The van der Waals surface area contributed by atoms with Crippen molar-refractivity contribution in [3.05, 3.63) is 30.1 Å². The number of ether oxygens (including phenoxy) is 1. The summed E-state index contributed by atoms with van der Waals surface area (Å²) in [6.45, 7) is 0. The molecule has 76 valence electrons. The van der Waals surface area contributed by atoms with E-state index in [0.29, 0.717) is 11.4 Å². The van der Waals surface area contributed by atoms with Gasteiger partial charge in [0.15, 0.2) is 0 Å². The molecular weight excluding hydrogens is 196 g/mol. The number of carboxylic acid groups (broad SMARTS) is 1. The van der Waals surface area contributed by atoms with E-state index in [1.807, 2.05) is 0 Å². The average molecular weight is 204 g/mol. The lowest BCUT2D eigenvalue weighted by Crippen LogP contribution is -2.01. The number of aromatic carboxylic acids is 1. The molecular formula is C10H8N2O3. The number of rotatable bonds is 2. The molecule has 15 heavy (non-hydrogen) atoms. The summed E-state index contributed by atoms with van der Waals surface area (Å²) in [6, 6.07) is 4.87. The van der Waals surface area contributed by atoms with Gasteiger partial charge in [-0.25, -0.2) is 14.8 Å². The minimum absolute atomic E-state index is 0.0196. The van der Waals surface area contributed by atoms with Gasteiger partial charge in [0.25, 0.3) is 0 Å². The second-order valence-electron chi connectivity index (χ2n) is 2.89. The lowest BCUT2D eigenvalue weighted by atomic mass is 10.2. The molecule has 0 atom stereocenters. The van der Waals surface area contributed by atoms with Crippen molar-refractivity contribution in [1.82, 2.24) is 9.97 Å². The molecule has 2 aromatic heterocycles. The zero-order valence-corrected chi connectivity index (χ0v) is 7.97. The predicted octanol–water partition coefficient (Wildman–Crippen LogP) is 1.34. The summed E-state index contributed by atoms with van der Waals surface area (Å²) in [5.41, 5.74) is 0.439. The van der Waals surface area contributed by atoms with Gasteiger partial charge in [0.2, 0.25) is 5.88 Å². The van der Waals surface area contributed by atoms with Gasteiger partial charge in [-0.15, -0.1) is 0 Å². The van der Waals surface area contributed by atoms with E-state index in [2.05, 4.69) is 9.97 Å². The molecule has 0 fully saturated rings. The number of carboxylic acids is 1. The fourth-order valence-corrected chi connectivity index (χ4v) is 1.29. The van der Waals surface area contributed by atoms with Crippen LogP contribution in [0.25, 0.3) is 10.9 Å². The standard InChI is InChI=1S/C10H8N2O3/c1-15-9-8-6(4-5-11-9)2-3-7(12-8)10(13)14/h2-5H,1H3,(H,13,14). The Kier molecular flexibility index (Phi) is 2.21. The molecule has 0 aliphatic rings. The zero-order chi connectivity index (χ0) is 10.8. The number of nitrogens with zero attached hydrogens (tertiary/aromatic N) is 2. The Bertz CT molecular complexity index is 525. The Morgan fingerprint density at radius 1 is 1.40 bits per heavy atom. The highest BCUT2D eigenvalue weighted by molar-refractivity contribution is 5.91. The maximum atomic E-state index is 10.7. The first-order chi connectivity index (χ1) is 7.22. The Labute approximate surface area is 85.4 Å². The van der Waals surface area contributed by atoms with Crippen LogP contribution < -0.4 is 4.74 Å². The van der Waals surface area contributed by atoms with Crippen LogP contribution in [0, 0.1) is 0 Å². The molecule has 0 saturated heterocycles. The Hall–Kier alpha value is -2.17. The smallest absolute Gasteiger partial charge is 0.354 e. The molecule has 2 aromatic rings. The minimum atomic E-state index is -1.07. The van der Waals surface area contributed by atoms with Gasteiger partial charge in [-0.1, -0.05) is 6.07 Å². The van der Waals surface area contributed by atoms with Crippen LogP contribution in [-0.4, -0.2) is 28.2 Å². The number of carbonyl (C=O) groups is 1. The van der Waals surface area contributed by atoms with Crippen LogP contribution in [0.4, 0.5) is 0 Å². The van der Waals surface area contributed by atoms with Gasteiger partial charge in [0.1, 0.15) is 11.2 Å². The second kappa shape index (κ2) is 3.53. The highest BCUT2D eigenvalue weighted by atomic mass is 16.5. The van der Waals surface area contributed by atoms with Crippen molar-refractivity contribution >= 4 is 16.9 Å². The van der Waals surface area contributed by atoms with Crippen LogP contribution in [0.2, 0.25) is 0 Å². The number of hydrogen-bond donors (Lipinski definition) is 1. The van der Waals surface area contributed by atoms with E-state index in [1.54, 1.807) is 18.3 Å². The summed E-state index contributed by atoms with van der Waals surface area (Å²) in [7, 11) is 1.47. The van der Waals surface area contributed by atoms with E-state index in [1.165, 1.54) is 13.2 Å². The molecule has 0 aliphatic carbocycles. The first kappa shape index (κ1) is 9.39. The summed E-state index contributed by atoms with van der Waals surface area (Å²) in [5, 5.41) is 9.58. The van der Waals surface area contributed by atoms with E-state index >= 15 is 0 Å². The molecule has 0 amide bonds. The summed E-state index contributed by atoms with van der Waals surface area (Å²) in [6.07, 6.45) is 1.59. The monoisotopic (exact) mass is 204 g/mol. The normalized spacial score (nSPS) is 10.2. The third-order valence-electron chi connectivity index (χ3n) is 1.99. The minimum Gasteiger partial charge on any atom is -0.479 e. The third-order valence-corrected chi connectivity index (χ3v) is 1.99. The summed E-state index contributed by atoms with van der Waals surface area (Å²) < 4.78 is 5.00. The molecule has 0 aromatic carbocycles. The van der Waals surface area contributed by atoms with Gasteiger partial charge in [0.05, 0.1) is 7.11 Å². The molecule has 0 spiro atoms. The van der Waals surface area contributed by atoms with Gasteiger partial charge in [-0.3, -0.25) is 0 Å². The van der Waals surface area contributed by atoms with E-state index in [-0.39, 0.29) is 5.69 Å². The fourth-order valence-electron chi connectivity index (χ4n) is 1.29. The van der Waals surface area contributed by atoms with E-state index in [4.69, 9.17) is 9.84 Å². The highest BCUT2D eigenvalue weighted by Gasteiger charge is 2.09. The van der Waals surface area contributed by atoms with Gasteiger partial charge in [-0.05, 0) is 12.1 Å². The molecule has 2 heterocycles. The van der Waals surface area contributed by atoms with Crippen LogP contribution >= 0.6 is 0 Å². The number of aromatic nitrogens is 2. The third kappa shape index (κ3) is 1.59. The van der Waals surface area contributed by atoms with Crippen molar-refractivity contribution in [2.45, 2.75) is 0 Å². The first-order valence-corrected chi connectivity index (χ1v) is 4.25. The van der Waals surface area contributed by atoms with E-state index in [0.717, 1.165) is 5.39 Å². The van der Waals surface area contributed by atoms with Crippen molar-refractivity contribution in [3.63, 3.8) is 0 Å². The quantitative estimate of drug-likeness (QED) is 0.799. The molecule has 0 aliphatic heterocycles. The van der Waals surface area contributed by atoms with Crippen molar-refractivity contribution in [2.24, 2.45) is 0 Å². The molecule has 0 saturated carbocycles. The molecule has 2 rings (SSSR count). The Balaban J connectivity index is 2.72. The van der Waals surface area contributed by atoms with Crippen LogP contribution in [0.15, 0.2) is 24.4 Å². The fraction of sp³-hybridized carbons (Fsp3) is 0.100. The predicted molar refractivity (Wildman–Crippen MR) is 53.0 cm³/mol. The summed E-state index contributed by atoms with van der Waals surface area (Å²) >= 11 is 0. The largest absolute Gasteiger partial charge is 0.479 e. The summed E-state index contributed by atoms with van der Waals surface area (Å²) in [4.78, 5) is 18.6. The van der Waals surface area contributed by atoms with Crippen LogP contribution in [-0.2, 0) is 0 Å². The number of methoxy groups -OCH3 is 1. The molecule has 0 radical (unpaired) electrons. The molecule has 0 bridgehead atoms. The maximum Gasteiger partial charge on any atom is 0.354 e. The van der Waals surface area contributed by atoms with Gasteiger partial charge < -0.3 is 9.84 Å². The number of hydrogen-bond acceptors (Lipinski definition) is 4. The van der Waals surface area contributed by atoms with Crippen molar-refractivity contribution in [1.29, 1.82) is 0 Å². The van der Waals surface area contributed by atoms with Gasteiger partial charge in [0, 0.05) is 11.6 Å². The van der Waals surface area contributed by atoms with E-state index < -0.39 is 5.97 Å². The maximum absolute atomic E-state index is 10.7. The first-order valence-electron chi connectivity index (χ1n) is 4.25. The topological polar surface area (TPSA) is 72.3 Å². The SMILES string of the molecule is COc1nccc2ccc(C(=O)O)nc12. The Morgan fingerprint density at radius 2 is 2.20 bits per heavy atom. The molecule has 0 unspecified atom stereocenters. The van der Waals surface area contributed by atoms with Crippen molar-refractivity contribution < 1.29 is 14.6 Å². The van der Waals surface area contributed by atoms with Crippen LogP contribution in [0.5, 0.6) is 5.88 Å². The molecule has 5 nitrogen and oxygen atoms in total. The number of pyridine rings is 2. The zero-order valence-electron chi connectivity index (χ0n) is 7.97. The highest BCUT2D eigenvalue weighted by Crippen LogP contribution is 2.20. The number of fused-ring (bicyclic) bond motifs is 1. The average Bonchev–Trinajstić information content (AvgIpc) is 2.27. The molecule has 5 heteroatoms. The van der Waals surface area contributed by atoms with Gasteiger partial charge >= 0.3 is 5.97 Å².